The van der Waals surface area contributed by atoms with Gasteiger partial charge in [0.2, 0.25) is 19.2 Å². The summed E-state index contributed by atoms with van der Waals surface area (Å²) in [7, 11) is -3.77. The summed E-state index contributed by atoms with van der Waals surface area (Å²) in [6.45, 7) is 0.420. The van der Waals surface area contributed by atoms with Crippen LogP contribution in [0.15, 0.2) is 23.1 Å². The van der Waals surface area contributed by atoms with Gasteiger partial charge in [-0.05, 0) is 75.5 Å². The number of nitrogens with zero attached hydrogens (tertiary/aromatic N) is 1. The van der Waals surface area contributed by atoms with E-state index >= 15 is 0 Å². The minimum atomic E-state index is -3.77. The molecule has 0 spiro atoms. The van der Waals surface area contributed by atoms with E-state index in [-0.39, 0.29) is 30.0 Å². The lowest BCUT2D eigenvalue weighted by Crippen LogP contribution is -2.55. The highest BCUT2D eigenvalue weighted by molar-refractivity contribution is 8.03. The maximum Gasteiger partial charge on any atom is 0.408 e. The third-order valence-corrected chi connectivity index (χ3v) is 12.8. The van der Waals surface area contributed by atoms with Crippen LogP contribution in [0, 0.1) is 5.92 Å². The molecule has 0 aromatic rings. The fraction of sp³-hybridized carbons (Fsp3) is 0.750. The van der Waals surface area contributed by atoms with E-state index in [1.165, 1.54) is 0 Å². The molecule has 1 saturated heterocycles. The lowest BCUT2D eigenvalue weighted by atomic mass is 10.1. The minimum Gasteiger partial charge on any atom is -0.446 e. The molecule has 0 aromatic carbocycles. The van der Waals surface area contributed by atoms with E-state index in [0.29, 0.717) is 32.2 Å². The molecular formula is C28H42N3O6PS. The monoisotopic (exact) mass is 579 g/mol. The normalized spacial score (nSPS) is 34.5. The van der Waals surface area contributed by atoms with E-state index in [4.69, 9.17) is 4.74 Å². The summed E-state index contributed by atoms with van der Waals surface area (Å²) in [6.07, 6.45) is 15.6. The molecule has 3 amide bonds. The van der Waals surface area contributed by atoms with Crippen LogP contribution in [0.4, 0.5) is 4.79 Å². The first-order valence-corrected chi connectivity index (χ1v) is 17.5. The summed E-state index contributed by atoms with van der Waals surface area (Å²) in [4.78, 5) is 53.9. The van der Waals surface area contributed by atoms with Gasteiger partial charge >= 0.3 is 6.09 Å². The molecular weight excluding hydrogens is 537 g/mol. The van der Waals surface area contributed by atoms with Crippen molar-refractivity contribution in [3.63, 3.8) is 0 Å². The number of nitrogens with one attached hydrogen (secondary N) is 2. The van der Waals surface area contributed by atoms with E-state index in [2.05, 4.69) is 16.7 Å². The van der Waals surface area contributed by atoms with Gasteiger partial charge in [-0.1, -0.05) is 31.1 Å². The fourth-order valence-electron chi connectivity index (χ4n) is 6.51. The third-order valence-electron chi connectivity index (χ3n) is 8.83. The van der Waals surface area contributed by atoms with Crippen LogP contribution in [-0.4, -0.2) is 69.6 Å². The van der Waals surface area contributed by atoms with Crippen molar-refractivity contribution in [2.45, 2.75) is 107 Å². The van der Waals surface area contributed by atoms with Crippen molar-refractivity contribution in [2.24, 2.45) is 5.92 Å². The Morgan fingerprint density at radius 3 is 2.69 bits per heavy atom. The SMILES string of the molecule is O=C(N[C@H]1CCCCC/C=C\[C@@H]2C[C@@]2(P(=O)(O)CC2=CCCS2)NC(=O)[C@@H]2CCCN2C1=O)OC1CCCC1. The van der Waals surface area contributed by atoms with Crippen LogP contribution in [0.5, 0.6) is 0 Å². The molecule has 5 aliphatic rings. The molecule has 3 aliphatic heterocycles. The van der Waals surface area contributed by atoms with Gasteiger partial charge in [-0.25, -0.2) is 4.79 Å². The first kappa shape index (κ1) is 28.7. The van der Waals surface area contributed by atoms with Gasteiger partial charge in [-0.3, -0.25) is 14.2 Å². The molecule has 3 N–H and O–H groups in total. The Labute approximate surface area is 235 Å². The lowest BCUT2D eigenvalue weighted by Gasteiger charge is -2.31. The molecule has 0 radical (unpaired) electrons. The van der Waals surface area contributed by atoms with Gasteiger partial charge in [0.25, 0.3) is 0 Å². The van der Waals surface area contributed by atoms with Crippen LogP contribution in [0.1, 0.15) is 83.5 Å². The van der Waals surface area contributed by atoms with Crippen LogP contribution < -0.4 is 10.6 Å². The van der Waals surface area contributed by atoms with E-state index < -0.39 is 30.8 Å². The zero-order chi connectivity index (χ0) is 27.5. The van der Waals surface area contributed by atoms with Gasteiger partial charge in [-0.2, -0.15) is 0 Å². The Morgan fingerprint density at radius 2 is 1.92 bits per heavy atom. The van der Waals surface area contributed by atoms with E-state index in [1.54, 1.807) is 16.7 Å². The van der Waals surface area contributed by atoms with Gasteiger partial charge in [0.1, 0.15) is 23.5 Å². The number of thioether (sulfide) groups is 1. The zero-order valence-corrected chi connectivity index (χ0v) is 24.4. The first-order valence-electron chi connectivity index (χ1n) is 14.7. The van der Waals surface area contributed by atoms with E-state index in [0.717, 1.165) is 68.4 Å². The Hall–Kier alpha value is -1.77. The van der Waals surface area contributed by atoms with Crippen molar-refractivity contribution in [1.82, 2.24) is 15.5 Å². The highest BCUT2D eigenvalue weighted by atomic mass is 32.2. The number of amides is 3. The predicted molar refractivity (Wildman–Crippen MR) is 151 cm³/mol. The van der Waals surface area contributed by atoms with Crippen molar-refractivity contribution in [3.05, 3.63) is 23.1 Å². The Kier molecular flexibility index (Phi) is 9.14. The van der Waals surface area contributed by atoms with Gasteiger partial charge in [0.15, 0.2) is 0 Å². The number of hydrogen-bond acceptors (Lipinski definition) is 6. The molecule has 2 aliphatic carbocycles. The van der Waals surface area contributed by atoms with Gasteiger partial charge < -0.3 is 25.2 Å². The second-order valence-electron chi connectivity index (χ2n) is 11.7. The Morgan fingerprint density at radius 1 is 1.13 bits per heavy atom. The number of hydrogen-bond donors (Lipinski definition) is 3. The highest BCUT2D eigenvalue weighted by Crippen LogP contribution is 2.70. The molecule has 5 atom stereocenters. The summed E-state index contributed by atoms with van der Waals surface area (Å²) in [5, 5.41) is 4.62. The minimum absolute atomic E-state index is 0.0741. The molecule has 9 nitrogen and oxygen atoms in total. The summed E-state index contributed by atoms with van der Waals surface area (Å²) in [6, 6.07) is -1.48. The molecule has 216 valence electrons. The average Bonchev–Trinajstić information content (AvgIpc) is 3.41. The van der Waals surface area contributed by atoms with Crippen molar-refractivity contribution in [2.75, 3.05) is 18.5 Å². The van der Waals surface area contributed by atoms with Gasteiger partial charge in [0.05, 0.1) is 6.16 Å². The van der Waals surface area contributed by atoms with Crippen LogP contribution in [0.3, 0.4) is 0 Å². The highest BCUT2D eigenvalue weighted by Gasteiger charge is 2.65. The van der Waals surface area contributed by atoms with Crippen LogP contribution >= 0.6 is 19.1 Å². The number of alkyl carbamates (subject to hydrolysis) is 1. The van der Waals surface area contributed by atoms with E-state index in [9.17, 15) is 23.8 Å². The molecule has 2 saturated carbocycles. The average molecular weight is 580 g/mol. The van der Waals surface area contributed by atoms with Crippen molar-refractivity contribution in [1.29, 1.82) is 0 Å². The number of rotatable bonds is 5. The standard InChI is InChI=1S/C28H42N3O6PS/c32-25-24-15-8-16-31(24)26(33)23(29-27(34)37-21-11-6-7-12-21)14-5-3-1-2-4-10-20-18-28(20,30-25)38(35,36)19-22-13-9-17-39-22/h4,10,13,20-21,23-24H,1-3,5-9,11-12,14-19H2,(H,29,34)(H,30,32)(H,35,36)/b10-4-/t20-,23+,24+,28+/m1/s1. The Bertz CT molecular complexity index is 1060. The van der Waals surface area contributed by atoms with E-state index in [1.807, 2.05) is 12.2 Å². The topological polar surface area (TPSA) is 125 Å². The largest absolute Gasteiger partial charge is 0.446 e. The van der Waals surface area contributed by atoms with Crippen molar-refractivity contribution in [3.8, 4) is 0 Å². The number of carbonyl (C=O) groups is 3. The number of fused-ring (bicyclic) bond motifs is 2. The number of allylic oxidation sites excluding steroid dienone is 3. The summed E-state index contributed by atoms with van der Waals surface area (Å²) in [5.41, 5.74) is 0. The van der Waals surface area contributed by atoms with Crippen LogP contribution in [0.2, 0.25) is 0 Å². The summed E-state index contributed by atoms with van der Waals surface area (Å²) in [5.74, 6) is 0.0756. The zero-order valence-electron chi connectivity index (χ0n) is 22.6. The second kappa shape index (κ2) is 12.4. The molecule has 39 heavy (non-hydrogen) atoms. The van der Waals surface area contributed by atoms with Crippen molar-refractivity contribution >= 4 is 37.0 Å². The summed E-state index contributed by atoms with van der Waals surface area (Å²) >= 11 is 1.61. The molecule has 5 rings (SSSR count). The molecule has 0 aromatic heterocycles. The molecule has 3 fully saturated rings. The molecule has 11 heteroatoms. The number of carbonyl (C=O) groups excluding carboxylic acids is 3. The Balaban J connectivity index is 1.33. The number of ether oxygens (including phenoxy) is 1. The maximum atomic E-state index is 13.8. The molecule has 3 heterocycles. The van der Waals surface area contributed by atoms with Crippen molar-refractivity contribution < 1.29 is 28.6 Å². The maximum absolute atomic E-state index is 13.8. The quantitative estimate of drug-likeness (QED) is 0.320. The molecule has 1 unspecified atom stereocenters. The summed E-state index contributed by atoms with van der Waals surface area (Å²) < 4.78 is 19.4. The molecule has 0 bridgehead atoms. The van der Waals surface area contributed by atoms with Crippen LogP contribution in [-0.2, 0) is 18.9 Å². The second-order valence-corrected chi connectivity index (χ2v) is 15.4. The smallest absolute Gasteiger partial charge is 0.408 e. The lowest BCUT2D eigenvalue weighted by molar-refractivity contribution is -0.140. The van der Waals surface area contributed by atoms with Gasteiger partial charge in [-0.15, -0.1) is 11.8 Å². The first-order chi connectivity index (χ1) is 18.8. The third kappa shape index (κ3) is 6.59. The van der Waals surface area contributed by atoms with Crippen LogP contribution in [0.25, 0.3) is 0 Å². The predicted octanol–water partition coefficient (Wildman–Crippen LogP) is 4.66. The van der Waals surface area contributed by atoms with Gasteiger partial charge in [0, 0.05) is 18.2 Å². The fourth-order valence-corrected chi connectivity index (χ4v) is 10.3.